The van der Waals surface area contributed by atoms with Crippen molar-refractivity contribution in [2.45, 2.75) is 0 Å². The van der Waals surface area contributed by atoms with Gasteiger partial charge in [0.05, 0.1) is 11.7 Å². The molecule has 0 aliphatic rings. The SMILES string of the molecule is Cn1cc(-c2cc3c(I)cnc(N)c3o2)c2ccncc21. The summed E-state index contributed by atoms with van der Waals surface area (Å²) in [5, 5.41) is 2.09. The van der Waals surface area contributed by atoms with E-state index in [0.717, 1.165) is 31.2 Å². The third kappa shape index (κ3) is 1.82. The Morgan fingerprint density at radius 1 is 1.29 bits per heavy atom. The first-order chi connectivity index (χ1) is 10.1. The lowest BCUT2D eigenvalue weighted by molar-refractivity contribution is 0.632. The number of nitrogen functional groups attached to an aromatic ring is 1. The number of hydrogen-bond donors (Lipinski definition) is 1. The van der Waals surface area contributed by atoms with Gasteiger partial charge < -0.3 is 14.7 Å². The van der Waals surface area contributed by atoms with E-state index in [4.69, 9.17) is 10.2 Å². The van der Waals surface area contributed by atoms with Crippen LogP contribution >= 0.6 is 22.6 Å². The summed E-state index contributed by atoms with van der Waals surface area (Å²) in [7, 11) is 2.00. The number of nitrogens with zero attached hydrogens (tertiary/aromatic N) is 3. The van der Waals surface area contributed by atoms with Crippen molar-refractivity contribution in [3.05, 3.63) is 40.5 Å². The number of rotatable bonds is 1. The van der Waals surface area contributed by atoms with Crippen LogP contribution in [0.2, 0.25) is 0 Å². The first-order valence-electron chi connectivity index (χ1n) is 6.38. The quantitative estimate of drug-likeness (QED) is 0.505. The molecular weight excluding hydrogens is 379 g/mol. The van der Waals surface area contributed by atoms with Crippen LogP contribution in [0, 0.1) is 3.57 Å². The van der Waals surface area contributed by atoms with Gasteiger partial charge in [0.2, 0.25) is 0 Å². The van der Waals surface area contributed by atoms with Crippen LogP contribution in [-0.2, 0) is 7.05 Å². The first kappa shape index (κ1) is 12.6. The molecule has 0 fully saturated rings. The second-order valence-electron chi connectivity index (χ2n) is 4.89. The van der Waals surface area contributed by atoms with Gasteiger partial charge in [0, 0.05) is 45.5 Å². The van der Waals surface area contributed by atoms with Crippen molar-refractivity contribution >= 4 is 50.3 Å². The van der Waals surface area contributed by atoms with E-state index in [0.29, 0.717) is 11.4 Å². The van der Waals surface area contributed by atoms with Gasteiger partial charge in [0.15, 0.2) is 11.4 Å². The Kier molecular flexibility index (Phi) is 2.68. The molecule has 4 heterocycles. The standard InChI is InChI=1S/C15H11IN4O/c1-20-7-10(8-2-3-18-6-12(8)20)13-4-9-11(16)5-19-15(17)14(9)21-13/h2-7H,1H3,(H2,17,19). The molecule has 0 saturated carbocycles. The van der Waals surface area contributed by atoms with E-state index in [-0.39, 0.29) is 0 Å². The molecule has 6 heteroatoms. The normalized spacial score (nSPS) is 11.5. The molecule has 5 nitrogen and oxygen atoms in total. The molecule has 0 unspecified atom stereocenters. The maximum Gasteiger partial charge on any atom is 0.177 e. The van der Waals surface area contributed by atoms with Gasteiger partial charge in [-0.2, -0.15) is 0 Å². The fraction of sp³-hybridized carbons (Fsp3) is 0.0667. The van der Waals surface area contributed by atoms with Crippen molar-refractivity contribution in [3.8, 4) is 11.3 Å². The van der Waals surface area contributed by atoms with Gasteiger partial charge in [-0.15, -0.1) is 0 Å². The maximum atomic E-state index is 5.96. The molecule has 0 radical (unpaired) electrons. The predicted molar refractivity (Wildman–Crippen MR) is 90.8 cm³/mol. The molecule has 0 aliphatic carbocycles. The Balaban J connectivity index is 2.05. The van der Waals surface area contributed by atoms with Crippen LogP contribution in [-0.4, -0.2) is 14.5 Å². The van der Waals surface area contributed by atoms with E-state index in [2.05, 4.69) is 32.6 Å². The van der Waals surface area contributed by atoms with E-state index in [9.17, 15) is 0 Å². The fourth-order valence-electron chi connectivity index (χ4n) is 2.57. The highest BCUT2D eigenvalue weighted by Gasteiger charge is 2.16. The van der Waals surface area contributed by atoms with E-state index >= 15 is 0 Å². The Hall–Kier alpha value is -2.09. The van der Waals surface area contributed by atoms with Crippen LogP contribution in [0.3, 0.4) is 0 Å². The minimum Gasteiger partial charge on any atom is -0.452 e. The van der Waals surface area contributed by atoms with Gasteiger partial charge in [0.1, 0.15) is 5.76 Å². The van der Waals surface area contributed by atoms with Crippen LogP contribution in [0.5, 0.6) is 0 Å². The van der Waals surface area contributed by atoms with Crippen LogP contribution in [0.1, 0.15) is 0 Å². The Labute approximate surface area is 133 Å². The third-order valence-corrected chi connectivity index (χ3v) is 4.46. The molecular formula is C15H11IN4O. The number of pyridine rings is 2. The zero-order valence-corrected chi connectivity index (χ0v) is 13.3. The highest BCUT2D eigenvalue weighted by atomic mass is 127. The Bertz CT molecular complexity index is 947. The van der Waals surface area contributed by atoms with Crippen molar-refractivity contribution in [3.63, 3.8) is 0 Å². The second-order valence-corrected chi connectivity index (χ2v) is 6.05. The van der Waals surface area contributed by atoms with Gasteiger partial charge in [0.25, 0.3) is 0 Å². The van der Waals surface area contributed by atoms with E-state index < -0.39 is 0 Å². The monoisotopic (exact) mass is 390 g/mol. The van der Waals surface area contributed by atoms with Crippen molar-refractivity contribution in [2.24, 2.45) is 7.05 Å². The Morgan fingerprint density at radius 3 is 2.95 bits per heavy atom. The summed E-state index contributed by atoms with van der Waals surface area (Å²) in [4.78, 5) is 8.31. The second kappa shape index (κ2) is 4.45. The molecule has 4 aromatic heterocycles. The van der Waals surface area contributed by atoms with Gasteiger partial charge in [-0.25, -0.2) is 4.98 Å². The van der Waals surface area contributed by atoms with Gasteiger partial charge >= 0.3 is 0 Å². The van der Waals surface area contributed by atoms with Crippen LogP contribution in [0.25, 0.3) is 33.2 Å². The molecule has 0 aromatic carbocycles. The van der Waals surface area contributed by atoms with Crippen LogP contribution in [0.4, 0.5) is 5.82 Å². The van der Waals surface area contributed by atoms with Crippen molar-refractivity contribution < 1.29 is 4.42 Å². The van der Waals surface area contributed by atoms with Crippen molar-refractivity contribution in [1.29, 1.82) is 0 Å². The molecule has 0 aliphatic heterocycles. The lowest BCUT2D eigenvalue weighted by Gasteiger charge is -1.95. The highest BCUT2D eigenvalue weighted by molar-refractivity contribution is 14.1. The predicted octanol–water partition coefficient (Wildman–Crippen LogP) is 3.57. The lowest BCUT2D eigenvalue weighted by atomic mass is 10.1. The minimum atomic E-state index is 0.415. The zero-order chi connectivity index (χ0) is 14.6. The molecule has 4 aromatic rings. The third-order valence-electron chi connectivity index (χ3n) is 3.60. The largest absolute Gasteiger partial charge is 0.452 e. The van der Waals surface area contributed by atoms with Gasteiger partial charge in [-0.05, 0) is 34.7 Å². The summed E-state index contributed by atoms with van der Waals surface area (Å²) >= 11 is 2.24. The number of nitrogens with two attached hydrogens (primary N) is 1. The molecule has 0 amide bonds. The summed E-state index contributed by atoms with van der Waals surface area (Å²) in [6, 6.07) is 4.01. The van der Waals surface area contributed by atoms with Crippen LogP contribution in [0.15, 0.2) is 41.3 Å². The minimum absolute atomic E-state index is 0.415. The summed E-state index contributed by atoms with van der Waals surface area (Å²) in [6.07, 6.45) is 7.43. The summed E-state index contributed by atoms with van der Waals surface area (Å²) in [5.74, 6) is 1.21. The zero-order valence-electron chi connectivity index (χ0n) is 11.2. The number of hydrogen-bond acceptors (Lipinski definition) is 4. The smallest absolute Gasteiger partial charge is 0.177 e. The summed E-state index contributed by atoms with van der Waals surface area (Å²) in [5.41, 5.74) is 8.65. The molecule has 4 rings (SSSR count). The average molecular weight is 390 g/mol. The van der Waals surface area contributed by atoms with Crippen molar-refractivity contribution in [1.82, 2.24) is 14.5 Å². The number of aromatic nitrogens is 3. The molecule has 104 valence electrons. The molecule has 0 spiro atoms. The average Bonchev–Trinajstić information content (AvgIpc) is 3.07. The number of anilines is 1. The van der Waals surface area contributed by atoms with Crippen molar-refractivity contribution in [2.75, 3.05) is 5.73 Å². The highest BCUT2D eigenvalue weighted by Crippen LogP contribution is 2.36. The molecule has 0 atom stereocenters. The number of fused-ring (bicyclic) bond motifs is 2. The number of halogens is 1. The van der Waals surface area contributed by atoms with E-state index in [1.165, 1.54) is 0 Å². The first-order valence-corrected chi connectivity index (χ1v) is 7.46. The van der Waals surface area contributed by atoms with Gasteiger partial charge in [-0.1, -0.05) is 0 Å². The molecule has 21 heavy (non-hydrogen) atoms. The molecule has 0 saturated heterocycles. The van der Waals surface area contributed by atoms with E-state index in [1.54, 1.807) is 12.4 Å². The Morgan fingerprint density at radius 2 is 2.14 bits per heavy atom. The van der Waals surface area contributed by atoms with Gasteiger partial charge in [-0.3, -0.25) is 4.98 Å². The number of aryl methyl sites for hydroxylation is 1. The summed E-state index contributed by atoms with van der Waals surface area (Å²) < 4.78 is 9.02. The molecule has 2 N–H and O–H groups in total. The summed E-state index contributed by atoms with van der Waals surface area (Å²) in [6.45, 7) is 0. The lowest BCUT2D eigenvalue weighted by Crippen LogP contribution is -1.90. The topological polar surface area (TPSA) is 69.9 Å². The fourth-order valence-corrected chi connectivity index (χ4v) is 3.11. The van der Waals surface area contributed by atoms with E-state index in [1.807, 2.05) is 36.1 Å². The van der Waals surface area contributed by atoms with Crippen LogP contribution < -0.4 is 5.73 Å². The maximum absolute atomic E-state index is 5.96. The molecule has 0 bridgehead atoms. The number of furan rings is 1.